The number of hydrogen-bond acceptors (Lipinski definition) is 5. The lowest BCUT2D eigenvalue weighted by Gasteiger charge is -2.20. The van der Waals surface area contributed by atoms with Crippen LogP contribution < -0.4 is 15.9 Å². The molecule has 2 heterocycles. The zero-order chi connectivity index (χ0) is 19.7. The lowest BCUT2D eigenvalue weighted by molar-refractivity contribution is 0.414. The van der Waals surface area contributed by atoms with Crippen LogP contribution in [0.25, 0.3) is 0 Å². The summed E-state index contributed by atoms with van der Waals surface area (Å²) in [4.78, 5) is 30.5. The van der Waals surface area contributed by atoms with Crippen molar-refractivity contribution in [3.05, 3.63) is 85.2 Å². The summed E-state index contributed by atoms with van der Waals surface area (Å²) in [6.45, 7) is 3.28. The van der Waals surface area contributed by atoms with Crippen molar-refractivity contribution >= 4 is 0 Å². The van der Waals surface area contributed by atoms with E-state index in [0.717, 1.165) is 0 Å². The quantitative estimate of drug-likeness (QED) is 0.564. The van der Waals surface area contributed by atoms with Crippen LogP contribution in [-0.2, 0) is 0 Å². The van der Waals surface area contributed by atoms with Gasteiger partial charge in [-0.15, -0.1) is 0 Å². The van der Waals surface area contributed by atoms with Crippen LogP contribution in [-0.4, -0.2) is 27.3 Å². The van der Waals surface area contributed by atoms with Crippen LogP contribution in [0, 0.1) is 13.8 Å². The third-order valence-electron chi connectivity index (χ3n) is 4.40. The fourth-order valence-electron chi connectivity index (χ4n) is 3.20. The van der Waals surface area contributed by atoms with Crippen LogP contribution in [0.5, 0.6) is 17.2 Å². The predicted octanol–water partition coefficient (Wildman–Crippen LogP) is 2.28. The van der Waals surface area contributed by atoms with E-state index >= 15 is 0 Å². The highest BCUT2D eigenvalue weighted by Gasteiger charge is 2.29. The van der Waals surface area contributed by atoms with Gasteiger partial charge in [-0.05, 0) is 43.7 Å². The molecule has 0 aliphatic heterocycles. The number of ether oxygens (including phenoxy) is 1. The molecule has 2 aromatic heterocycles. The number of hydrogen-bond donors (Lipinski definition) is 4. The fraction of sp³-hybridized carbons (Fsp3) is 0.200. The lowest BCUT2D eigenvalue weighted by Crippen LogP contribution is -2.24. The molecule has 27 heavy (non-hydrogen) atoms. The molecule has 0 aliphatic rings. The number of rotatable bonds is 4. The maximum atomic E-state index is 12.6. The van der Waals surface area contributed by atoms with Gasteiger partial charge in [0.05, 0.1) is 24.2 Å². The van der Waals surface area contributed by atoms with Gasteiger partial charge < -0.3 is 24.9 Å². The third-order valence-corrected chi connectivity index (χ3v) is 4.40. The molecule has 0 saturated carbocycles. The molecule has 0 fully saturated rings. The number of aromatic hydroxyl groups is 2. The number of aromatic amines is 2. The van der Waals surface area contributed by atoms with Gasteiger partial charge in [0.15, 0.2) is 0 Å². The first-order chi connectivity index (χ1) is 12.8. The van der Waals surface area contributed by atoms with Gasteiger partial charge in [-0.25, -0.2) is 0 Å². The van der Waals surface area contributed by atoms with Crippen LogP contribution in [0.2, 0.25) is 0 Å². The molecule has 140 valence electrons. The minimum Gasteiger partial charge on any atom is -0.507 e. The second-order valence-corrected chi connectivity index (χ2v) is 6.37. The molecule has 0 atom stereocenters. The second kappa shape index (κ2) is 7.03. The monoisotopic (exact) mass is 368 g/mol. The van der Waals surface area contributed by atoms with Crippen LogP contribution in [0.1, 0.15) is 34.0 Å². The van der Waals surface area contributed by atoms with Gasteiger partial charge in [0.25, 0.3) is 11.1 Å². The standard InChI is InChI=1S/C20H20N2O5/c1-10-8-14(23)17(19(25)21-10)16(12-4-6-13(27-3)7-5-12)18-15(24)9-11(2)22-20(18)26/h4-9,16H,1-3H3,(H2,21,23,25)(H2,22,24,26). The lowest BCUT2D eigenvalue weighted by atomic mass is 9.85. The average molecular weight is 368 g/mol. The van der Waals surface area contributed by atoms with Crippen molar-refractivity contribution in [1.29, 1.82) is 0 Å². The Morgan fingerprint density at radius 2 is 1.30 bits per heavy atom. The van der Waals surface area contributed by atoms with Crippen LogP contribution in [0.15, 0.2) is 46.0 Å². The van der Waals surface area contributed by atoms with Crippen molar-refractivity contribution in [1.82, 2.24) is 9.97 Å². The van der Waals surface area contributed by atoms with E-state index in [4.69, 9.17) is 4.74 Å². The van der Waals surface area contributed by atoms with Gasteiger partial charge in [-0.2, -0.15) is 0 Å². The zero-order valence-electron chi connectivity index (χ0n) is 15.2. The molecule has 7 nitrogen and oxygen atoms in total. The van der Waals surface area contributed by atoms with Crippen LogP contribution in [0.4, 0.5) is 0 Å². The molecular formula is C20H20N2O5. The highest BCUT2D eigenvalue weighted by Crippen LogP contribution is 2.37. The molecule has 0 unspecified atom stereocenters. The van der Waals surface area contributed by atoms with Crippen molar-refractivity contribution in [3.63, 3.8) is 0 Å². The van der Waals surface area contributed by atoms with E-state index in [1.165, 1.54) is 19.2 Å². The minimum atomic E-state index is -0.968. The Labute approximate surface area is 154 Å². The van der Waals surface area contributed by atoms with E-state index in [1.807, 2.05) is 0 Å². The highest BCUT2D eigenvalue weighted by molar-refractivity contribution is 5.52. The first kappa shape index (κ1) is 18.3. The van der Waals surface area contributed by atoms with E-state index in [0.29, 0.717) is 22.7 Å². The Morgan fingerprint density at radius 1 is 0.852 bits per heavy atom. The minimum absolute atomic E-state index is 0.0181. The molecule has 0 aliphatic carbocycles. The molecule has 0 bridgehead atoms. The maximum absolute atomic E-state index is 12.6. The van der Waals surface area contributed by atoms with Gasteiger partial charge in [0, 0.05) is 11.4 Å². The number of pyridine rings is 2. The summed E-state index contributed by atoms with van der Waals surface area (Å²) in [6, 6.07) is 9.55. The van der Waals surface area contributed by atoms with Crippen molar-refractivity contribution < 1.29 is 14.9 Å². The molecule has 3 rings (SSSR count). The number of benzene rings is 1. The average Bonchev–Trinajstić information content (AvgIpc) is 2.59. The summed E-state index contributed by atoms with van der Waals surface area (Å²) in [6.07, 6.45) is 0. The molecule has 3 aromatic rings. The van der Waals surface area contributed by atoms with E-state index in [1.54, 1.807) is 38.1 Å². The number of aryl methyl sites for hydroxylation is 2. The molecule has 0 saturated heterocycles. The van der Waals surface area contributed by atoms with Crippen molar-refractivity contribution in [2.45, 2.75) is 19.8 Å². The first-order valence-corrected chi connectivity index (χ1v) is 8.31. The van der Waals surface area contributed by atoms with E-state index in [2.05, 4.69) is 9.97 Å². The Morgan fingerprint density at radius 3 is 1.67 bits per heavy atom. The summed E-state index contributed by atoms with van der Waals surface area (Å²) in [5.74, 6) is -0.876. The van der Waals surface area contributed by atoms with Gasteiger partial charge in [-0.3, -0.25) is 9.59 Å². The summed E-state index contributed by atoms with van der Waals surface area (Å²) in [5, 5.41) is 20.9. The number of H-pyrrole nitrogens is 2. The first-order valence-electron chi connectivity index (χ1n) is 8.31. The third kappa shape index (κ3) is 3.44. The fourth-order valence-corrected chi connectivity index (χ4v) is 3.20. The maximum Gasteiger partial charge on any atom is 0.256 e. The zero-order valence-corrected chi connectivity index (χ0v) is 15.2. The van der Waals surface area contributed by atoms with Gasteiger partial charge >= 0.3 is 0 Å². The van der Waals surface area contributed by atoms with E-state index in [-0.39, 0.29) is 22.6 Å². The Kier molecular flexibility index (Phi) is 4.77. The van der Waals surface area contributed by atoms with E-state index in [9.17, 15) is 19.8 Å². The van der Waals surface area contributed by atoms with Crippen LogP contribution >= 0.6 is 0 Å². The number of methoxy groups -OCH3 is 1. The molecule has 0 amide bonds. The number of nitrogens with one attached hydrogen (secondary N) is 2. The Bertz CT molecular complexity index is 1030. The normalized spacial score (nSPS) is 11.0. The molecule has 7 heteroatoms. The highest BCUT2D eigenvalue weighted by atomic mass is 16.5. The second-order valence-electron chi connectivity index (χ2n) is 6.37. The van der Waals surface area contributed by atoms with Crippen molar-refractivity contribution in [2.24, 2.45) is 0 Å². The van der Waals surface area contributed by atoms with Gasteiger partial charge in [-0.1, -0.05) is 12.1 Å². The molecule has 4 N–H and O–H groups in total. The van der Waals surface area contributed by atoms with Gasteiger partial charge in [0.2, 0.25) is 0 Å². The molecule has 0 radical (unpaired) electrons. The van der Waals surface area contributed by atoms with Crippen molar-refractivity contribution in [3.8, 4) is 17.2 Å². The summed E-state index contributed by atoms with van der Waals surface area (Å²) >= 11 is 0. The van der Waals surface area contributed by atoms with Gasteiger partial charge in [0.1, 0.15) is 17.2 Å². The van der Waals surface area contributed by atoms with Crippen molar-refractivity contribution in [2.75, 3.05) is 7.11 Å². The topological polar surface area (TPSA) is 115 Å². The summed E-state index contributed by atoms with van der Waals surface area (Å²) in [5.41, 5.74) is 0.407. The molecule has 0 spiro atoms. The van der Waals surface area contributed by atoms with E-state index < -0.39 is 17.0 Å². The Hall–Kier alpha value is -3.48. The number of aromatic nitrogens is 2. The molecule has 1 aromatic carbocycles. The summed E-state index contributed by atoms with van der Waals surface area (Å²) in [7, 11) is 1.53. The molecular weight excluding hydrogens is 348 g/mol. The SMILES string of the molecule is COc1ccc(C(c2c(O)cc(C)[nH]c2=O)c2c(O)cc(C)[nH]c2=O)cc1. The smallest absolute Gasteiger partial charge is 0.256 e. The van der Waals surface area contributed by atoms with Crippen LogP contribution in [0.3, 0.4) is 0 Å². The Balaban J connectivity index is 2.35. The predicted molar refractivity (Wildman–Crippen MR) is 101 cm³/mol. The summed E-state index contributed by atoms with van der Waals surface area (Å²) < 4.78 is 5.15. The largest absolute Gasteiger partial charge is 0.507 e.